The maximum atomic E-state index is 5.39. The quantitative estimate of drug-likeness (QED) is 0.514. The van der Waals surface area contributed by atoms with E-state index in [-0.39, 0.29) is 0 Å². The lowest BCUT2D eigenvalue weighted by atomic mass is 10.0. The van der Waals surface area contributed by atoms with Crippen LogP contribution >= 0.6 is 0 Å². The lowest BCUT2D eigenvalue weighted by Crippen LogP contribution is -2.14. The monoisotopic (exact) mass is 126 g/mol. The third-order valence-corrected chi connectivity index (χ3v) is 1.92. The minimum Gasteiger partial charge on any atom is -0.370 e. The van der Waals surface area contributed by atoms with Crippen LogP contribution < -0.4 is 0 Å². The molecule has 0 unspecified atom stereocenters. The Morgan fingerprint density at radius 3 is 3.00 bits per heavy atom. The molecule has 1 aliphatic heterocycles. The van der Waals surface area contributed by atoms with Crippen LogP contribution in [0.1, 0.15) is 20.3 Å². The Morgan fingerprint density at radius 2 is 2.56 bits per heavy atom. The fourth-order valence-electron chi connectivity index (χ4n) is 0.998. The van der Waals surface area contributed by atoms with Crippen LogP contribution in [0.2, 0.25) is 0 Å². The summed E-state index contributed by atoms with van der Waals surface area (Å²) in [5.74, 6) is 0.684. The molecule has 1 heteroatoms. The third-order valence-electron chi connectivity index (χ3n) is 1.92. The van der Waals surface area contributed by atoms with Crippen molar-refractivity contribution >= 4 is 0 Å². The molecule has 0 radical (unpaired) electrons. The topological polar surface area (TPSA) is 9.23 Å². The van der Waals surface area contributed by atoms with Crippen molar-refractivity contribution < 1.29 is 4.74 Å². The summed E-state index contributed by atoms with van der Waals surface area (Å²) < 4.78 is 5.39. The highest BCUT2D eigenvalue weighted by Gasteiger charge is 2.15. The molecule has 0 fully saturated rings. The second-order valence-corrected chi connectivity index (χ2v) is 2.61. The summed E-state index contributed by atoms with van der Waals surface area (Å²) in [7, 11) is 0. The molecule has 1 rings (SSSR count). The molecule has 0 aromatic rings. The average Bonchev–Trinajstić information content (AvgIpc) is 2.37. The molecule has 0 aromatic carbocycles. The van der Waals surface area contributed by atoms with Crippen LogP contribution in [0.3, 0.4) is 0 Å². The van der Waals surface area contributed by atoms with Crippen molar-refractivity contribution in [3.05, 3.63) is 12.2 Å². The first kappa shape index (κ1) is 6.81. The number of hydrogen-bond donors (Lipinski definition) is 0. The van der Waals surface area contributed by atoms with Gasteiger partial charge in [0.05, 0.1) is 12.7 Å². The van der Waals surface area contributed by atoms with Crippen LogP contribution in [0.4, 0.5) is 0 Å². The van der Waals surface area contributed by atoms with Crippen LogP contribution in [0.15, 0.2) is 12.2 Å². The normalized spacial score (nSPS) is 28.9. The summed E-state index contributed by atoms with van der Waals surface area (Å²) in [6.45, 7) is 5.23. The van der Waals surface area contributed by atoms with Gasteiger partial charge in [-0.05, 0) is 5.92 Å². The molecule has 9 heavy (non-hydrogen) atoms. The highest BCUT2D eigenvalue weighted by Crippen LogP contribution is 2.16. The van der Waals surface area contributed by atoms with E-state index < -0.39 is 0 Å². The van der Waals surface area contributed by atoms with Crippen LogP contribution in [0, 0.1) is 5.92 Å². The predicted molar refractivity (Wildman–Crippen MR) is 38.3 cm³/mol. The number of hydrogen-bond acceptors (Lipinski definition) is 1. The standard InChI is InChI=1S/C8H14O/c1-3-7(2)8-5-4-6-9-8/h4-5,7-8H,3,6H2,1-2H3/t7-,8-/m0/s1. The lowest BCUT2D eigenvalue weighted by Gasteiger charge is -2.14. The minimum atomic E-state index is 0.398. The summed E-state index contributed by atoms with van der Waals surface area (Å²) >= 11 is 0. The zero-order valence-electron chi connectivity index (χ0n) is 6.13. The molecule has 1 heterocycles. The molecule has 1 nitrogen and oxygen atoms in total. The predicted octanol–water partition coefficient (Wildman–Crippen LogP) is 1.99. The lowest BCUT2D eigenvalue weighted by molar-refractivity contribution is 0.0859. The zero-order valence-corrected chi connectivity index (χ0v) is 6.13. The summed E-state index contributed by atoms with van der Waals surface area (Å²) in [6, 6.07) is 0. The Morgan fingerprint density at radius 1 is 1.78 bits per heavy atom. The van der Waals surface area contributed by atoms with Gasteiger partial charge >= 0.3 is 0 Å². The Labute approximate surface area is 56.7 Å². The molecule has 1 aliphatic rings. The van der Waals surface area contributed by atoms with Gasteiger partial charge in [0.15, 0.2) is 0 Å². The van der Waals surface area contributed by atoms with Gasteiger partial charge in [0.25, 0.3) is 0 Å². The Bertz CT molecular complexity index is 107. The highest BCUT2D eigenvalue weighted by molar-refractivity contribution is 4.97. The van der Waals surface area contributed by atoms with Crippen molar-refractivity contribution in [1.82, 2.24) is 0 Å². The average molecular weight is 126 g/mol. The molecule has 0 spiro atoms. The Balaban J connectivity index is 2.33. The largest absolute Gasteiger partial charge is 0.370 e. The molecule has 52 valence electrons. The van der Waals surface area contributed by atoms with E-state index in [2.05, 4.69) is 26.0 Å². The van der Waals surface area contributed by atoms with E-state index in [9.17, 15) is 0 Å². The van der Waals surface area contributed by atoms with Gasteiger partial charge in [0, 0.05) is 0 Å². The summed E-state index contributed by atoms with van der Waals surface area (Å²) in [6.07, 6.45) is 5.86. The molecule has 0 amide bonds. The van der Waals surface area contributed by atoms with Crippen LogP contribution in [0.5, 0.6) is 0 Å². The van der Waals surface area contributed by atoms with Gasteiger partial charge in [-0.15, -0.1) is 0 Å². The second kappa shape index (κ2) is 3.02. The van der Waals surface area contributed by atoms with Crippen LogP contribution in [-0.2, 0) is 4.74 Å². The van der Waals surface area contributed by atoms with Gasteiger partial charge in [0.1, 0.15) is 0 Å². The Hall–Kier alpha value is -0.300. The fraction of sp³-hybridized carbons (Fsp3) is 0.750. The molecule has 0 bridgehead atoms. The van der Waals surface area contributed by atoms with Crippen molar-refractivity contribution in [1.29, 1.82) is 0 Å². The molecule has 0 saturated heterocycles. The van der Waals surface area contributed by atoms with Crippen molar-refractivity contribution in [3.63, 3.8) is 0 Å². The minimum absolute atomic E-state index is 0.398. The second-order valence-electron chi connectivity index (χ2n) is 2.61. The van der Waals surface area contributed by atoms with Gasteiger partial charge in [-0.1, -0.05) is 32.4 Å². The van der Waals surface area contributed by atoms with Crippen molar-refractivity contribution in [2.45, 2.75) is 26.4 Å². The molecular weight excluding hydrogens is 112 g/mol. The summed E-state index contributed by atoms with van der Waals surface area (Å²) in [5.41, 5.74) is 0. The number of ether oxygens (including phenoxy) is 1. The molecule has 2 atom stereocenters. The van der Waals surface area contributed by atoms with Crippen LogP contribution in [-0.4, -0.2) is 12.7 Å². The molecule has 0 N–H and O–H groups in total. The van der Waals surface area contributed by atoms with E-state index in [0.29, 0.717) is 12.0 Å². The van der Waals surface area contributed by atoms with Gasteiger partial charge in [-0.25, -0.2) is 0 Å². The third kappa shape index (κ3) is 1.55. The van der Waals surface area contributed by atoms with E-state index >= 15 is 0 Å². The molecule has 0 aliphatic carbocycles. The van der Waals surface area contributed by atoms with Gasteiger partial charge in [-0.2, -0.15) is 0 Å². The molecule has 0 aromatic heterocycles. The van der Waals surface area contributed by atoms with Gasteiger partial charge in [-0.3, -0.25) is 0 Å². The van der Waals surface area contributed by atoms with E-state index in [1.807, 2.05) is 0 Å². The number of rotatable bonds is 2. The van der Waals surface area contributed by atoms with Gasteiger partial charge in [0.2, 0.25) is 0 Å². The maximum Gasteiger partial charge on any atom is 0.0786 e. The maximum absolute atomic E-state index is 5.39. The van der Waals surface area contributed by atoms with Crippen molar-refractivity contribution in [2.75, 3.05) is 6.61 Å². The first-order chi connectivity index (χ1) is 4.34. The summed E-state index contributed by atoms with van der Waals surface area (Å²) in [4.78, 5) is 0. The molecular formula is C8H14O. The van der Waals surface area contributed by atoms with E-state index in [1.165, 1.54) is 6.42 Å². The molecule has 0 saturated carbocycles. The first-order valence-corrected chi connectivity index (χ1v) is 3.63. The van der Waals surface area contributed by atoms with Gasteiger partial charge < -0.3 is 4.74 Å². The van der Waals surface area contributed by atoms with Crippen molar-refractivity contribution in [2.24, 2.45) is 5.92 Å². The van der Waals surface area contributed by atoms with E-state index in [4.69, 9.17) is 4.74 Å². The van der Waals surface area contributed by atoms with Crippen molar-refractivity contribution in [3.8, 4) is 0 Å². The van der Waals surface area contributed by atoms with Crippen LogP contribution in [0.25, 0.3) is 0 Å². The smallest absolute Gasteiger partial charge is 0.0786 e. The first-order valence-electron chi connectivity index (χ1n) is 3.63. The van der Waals surface area contributed by atoms with E-state index in [0.717, 1.165) is 6.61 Å². The SMILES string of the molecule is CC[C@H](C)[C@@H]1C=CCO1. The van der Waals surface area contributed by atoms with E-state index in [1.54, 1.807) is 0 Å². The highest BCUT2D eigenvalue weighted by atomic mass is 16.5. The zero-order chi connectivity index (χ0) is 6.69. The Kier molecular flexibility index (Phi) is 2.29. The fourth-order valence-corrected chi connectivity index (χ4v) is 0.998. The summed E-state index contributed by atoms with van der Waals surface area (Å²) in [5, 5.41) is 0.